The minimum Gasteiger partial charge on any atom is -0.336 e. The van der Waals surface area contributed by atoms with Gasteiger partial charge in [-0.2, -0.15) is 8.42 Å². The van der Waals surface area contributed by atoms with Gasteiger partial charge in [-0.15, -0.1) is 3.89 Å². The molecule has 2 aromatic rings. The fraction of sp³-hybridized carbons (Fsp3) is 0.333. The zero-order valence-corrected chi connectivity index (χ0v) is 9.45. The molecule has 5 nitrogen and oxygen atoms in total. The average molecular weight is 244 g/mol. The van der Waals surface area contributed by atoms with Crippen LogP contribution in [-0.2, 0) is 10.2 Å². The molecular weight excluding hydrogens is 235 g/mol. The van der Waals surface area contributed by atoms with Crippen LogP contribution in [0.1, 0.15) is 25.5 Å². The van der Waals surface area contributed by atoms with E-state index in [0.29, 0.717) is 11.1 Å². The molecule has 86 valence electrons. The summed E-state index contributed by atoms with van der Waals surface area (Å²) in [5.74, 6) is 0.0422. The molecule has 0 aromatic carbocycles. The molecule has 0 amide bonds. The second kappa shape index (κ2) is 3.51. The largest absolute Gasteiger partial charge is 0.336 e. The van der Waals surface area contributed by atoms with Crippen LogP contribution in [0.15, 0.2) is 21.7 Å². The van der Waals surface area contributed by atoms with Crippen LogP contribution in [0.25, 0.3) is 11.1 Å². The lowest BCUT2D eigenvalue weighted by molar-refractivity contribution is 0.434. The summed E-state index contributed by atoms with van der Waals surface area (Å²) >= 11 is 0. The van der Waals surface area contributed by atoms with E-state index in [1.54, 1.807) is 0 Å². The van der Waals surface area contributed by atoms with Crippen molar-refractivity contribution < 1.29 is 16.8 Å². The zero-order chi connectivity index (χ0) is 11.9. The van der Waals surface area contributed by atoms with E-state index in [0.717, 1.165) is 6.20 Å². The summed E-state index contributed by atoms with van der Waals surface area (Å²) in [5.41, 5.74) is 0.768. The van der Waals surface area contributed by atoms with E-state index >= 15 is 0 Å². The lowest BCUT2D eigenvalue weighted by Crippen LogP contribution is -1.94. The predicted octanol–water partition coefficient (Wildman–Crippen LogP) is 2.00. The minimum absolute atomic E-state index is 0.0422. The Morgan fingerprint density at radius 2 is 2.12 bits per heavy atom. The molecule has 2 heterocycles. The van der Waals surface area contributed by atoms with Crippen molar-refractivity contribution in [3.05, 3.63) is 18.0 Å². The highest BCUT2D eigenvalue weighted by atomic mass is 32.3. The standard InChI is InChI=1S/C9H9FN2O3S/c1-5(2)8-7-3-6(16(10,13)14)4-11-9(7)15-12-8/h3-5H,1-2H3. The van der Waals surface area contributed by atoms with E-state index in [2.05, 4.69) is 10.1 Å². The third-order valence-corrected chi connectivity index (χ3v) is 2.95. The van der Waals surface area contributed by atoms with Gasteiger partial charge in [0.1, 0.15) is 4.90 Å². The first kappa shape index (κ1) is 11.0. The number of hydrogen-bond donors (Lipinski definition) is 0. The van der Waals surface area contributed by atoms with Gasteiger partial charge in [0.15, 0.2) is 0 Å². The van der Waals surface area contributed by atoms with E-state index in [-0.39, 0.29) is 11.6 Å². The van der Waals surface area contributed by atoms with E-state index in [4.69, 9.17) is 4.52 Å². The smallest absolute Gasteiger partial charge is 0.333 e. The molecule has 0 saturated heterocycles. The van der Waals surface area contributed by atoms with Gasteiger partial charge in [0.2, 0.25) is 0 Å². The van der Waals surface area contributed by atoms with Crippen LogP contribution in [0.5, 0.6) is 0 Å². The van der Waals surface area contributed by atoms with Crippen molar-refractivity contribution in [2.45, 2.75) is 24.7 Å². The SMILES string of the molecule is CC(C)c1noc2ncc(S(=O)(=O)F)cc12. The van der Waals surface area contributed by atoms with E-state index < -0.39 is 15.1 Å². The van der Waals surface area contributed by atoms with Gasteiger partial charge in [-0.05, 0) is 12.0 Å². The predicted molar refractivity (Wildman–Crippen MR) is 54.2 cm³/mol. The highest BCUT2D eigenvalue weighted by Gasteiger charge is 2.18. The van der Waals surface area contributed by atoms with Crippen molar-refractivity contribution in [1.29, 1.82) is 0 Å². The van der Waals surface area contributed by atoms with Crippen molar-refractivity contribution >= 4 is 21.3 Å². The van der Waals surface area contributed by atoms with E-state index in [1.165, 1.54) is 6.07 Å². The van der Waals surface area contributed by atoms with Crippen LogP contribution in [0, 0.1) is 0 Å². The Morgan fingerprint density at radius 1 is 1.44 bits per heavy atom. The maximum Gasteiger partial charge on any atom is 0.333 e. The van der Waals surface area contributed by atoms with Crippen molar-refractivity contribution in [1.82, 2.24) is 10.1 Å². The number of aromatic nitrogens is 2. The lowest BCUT2D eigenvalue weighted by Gasteiger charge is -1.98. The number of fused-ring (bicyclic) bond motifs is 1. The molecule has 0 saturated carbocycles. The number of nitrogens with zero attached hydrogens (tertiary/aromatic N) is 2. The van der Waals surface area contributed by atoms with Gasteiger partial charge < -0.3 is 4.52 Å². The summed E-state index contributed by atoms with van der Waals surface area (Å²) in [6.07, 6.45) is 0.910. The summed E-state index contributed by atoms with van der Waals surface area (Å²) in [6.45, 7) is 3.74. The first-order valence-electron chi connectivity index (χ1n) is 4.59. The van der Waals surface area contributed by atoms with Crippen molar-refractivity contribution in [3.8, 4) is 0 Å². The molecule has 0 aliphatic carbocycles. The van der Waals surface area contributed by atoms with Gasteiger partial charge in [-0.25, -0.2) is 4.98 Å². The molecule has 0 bridgehead atoms. The van der Waals surface area contributed by atoms with Gasteiger partial charge >= 0.3 is 10.2 Å². The number of rotatable bonds is 2. The first-order chi connectivity index (χ1) is 7.39. The van der Waals surface area contributed by atoms with E-state index in [1.807, 2.05) is 13.8 Å². The Kier molecular flexibility index (Phi) is 2.42. The van der Waals surface area contributed by atoms with E-state index in [9.17, 15) is 12.3 Å². The maximum absolute atomic E-state index is 12.8. The van der Waals surface area contributed by atoms with Crippen LogP contribution >= 0.6 is 0 Å². The molecule has 0 spiro atoms. The third kappa shape index (κ3) is 1.78. The summed E-state index contributed by atoms with van der Waals surface area (Å²) in [4.78, 5) is 3.22. The number of halogens is 1. The Labute approximate surface area is 91.5 Å². The van der Waals surface area contributed by atoms with Crippen molar-refractivity contribution in [2.75, 3.05) is 0 Å². The molecular formula is C9H9FN2O3S. The lowest BCUT2D eigenvalue weighted by atomic mass is 10.1. The van der Waals surface area contributed by atoms with Crippen LogP contribution in [-0.4, -0.2) is 18.6 Å². The molecule has 0 atom stereocenters. The van der Waals surface area contributed by atoms with Gasteiger partial charge in [-0.1, -0.05) is 19.0 Å². The summed E-state index contributed by atoms with van der Waals surface area (Å²) < 4.78 is 39.1. The van der Waals surface area contributed by atoms with Gasteiger partial charge in [0, 0.05) is 0 Å². The Balaban J connectivity index is 2.73. The highest BCUT2D eigenvalue weighted by Crippen LogP contribution is 2.25. The topological polar surface area (TPSA) is 73.1 Å². The Bertz CT molecular complexity index is 633. The molecule has 7 heteroatoms. The molecule has 0 aliphatic rings. The molecule has 2 rings (SSSR count). The summed E-state index contributed by atoms with van der Waals surface area (Å²) in [5, 5.41) is 4.19. The fourth-order valence-corrected chi connectivity index (χ4v) is 1.82. The van der Waals surface area contributed by atoms with Gasteiger partial charge in [-0.3, -0.25) is 0 Å². The molecule has 0 N–H and O–H groups in total. The third-order valence-electron chi connectivity index (χ3n) is 2.16. The molecule has 0 unspecified atom stereocenters. The minimum atomic E-state index is -4.75. The highest BCUT2D eigenvalue weighted by molar-refractivity contribution is 7.86. The zero-order valence-electron chi connectivity index (χ0n) is 8.64. The quantitative estimate of drug-likeness (QED) is 0.755. The van der Waals surface area contributed by atoms with Crippen LogP contribution in [0.4, 0.5) is 3.89 Å². The second-order valence-electron chi connectivity index (χ2n) is 3.68. The van der Waals surface area contributed by atoms with Gasteiger partial charge in [0.25, 0.3) is 5.71 Å². The number of pyridine rings is 1. The maximum atomic E-state index is 12.8. The fourth-order valence-electron chi connectivity index (χ4n) is 1.38. The Hall–Kier alpha value is -1.50. The van der Waals surface area contributed by atoms with Crippen molar-refractivity contribution in [3.63, 3.8) is 0 Å². The second-order valence-corrected chi connectivity index (χ2v) is 5.03. The monoisotopic (exact) mass is 244 g/mol. The summed E-state index contributed by atoms with van der Waals surface area (Å²) in [7, 11) is -4.75. The number of hydrogen-bond acceptors (Lipinski definition) is 5. The van der Waals surface area contributed by atoms with Crippen LogP contribution in [0.3, 0.4) is 0 Å². The average Bonchev–Trinajstić information content (AvgIpc) is 2.58. The molecule has 0 fully saturated rings. The Morgan fingerprint density at radius 3 is 2.69 bits per heavy atom. The molecule has 0 aliphatic heterocycles. The van der Waals surface area contributed by atoms with Crippen LogP contribution < -0.4 is 0 Å². The van der Waals surface area contributed by atoms with Crippen molar-refractivity contribution in [2.24, 2.45) is 0 Å². The van der Waals surface area contributed by atoms with Gasteiger partial charge in [0.05, 0.1) is 17.3 Å². The molecule has 2 aromatic heterocycles. The summed E-state index contributed by atoms with van der Waals surface area (Å²) in [6, 6.07) is 1.18. The van der Waals surface area contributed by atoms with Crippen LogP contribution in [0.2, 0.25) is 0 Å². The molecule has 0 radical (unpaired) electrons. The normalized spacial score (nSPS) is 12.5. The molecule has 16 heavy (non-hydrogen) atoms. The first-order valence-corrected chi connectivity index (χ1v) is 5.98.